The van der Waals surface area contributed by atoms with Crippen LogP contribution < -0.4 is 4.74 Å². The lowest BCUT2D eigenvalue weighted by atomic mass is 10.3. The maximum absolute atomic E-state index is 13.5. The molecule has 0 bridgehead atoms. The van der Waals surface area contributed by atoms with Gasteiger partial charge < -0.3 is 4.74 Å². The normalized spacial score (nSPS) is 12.2. The second kappa shape index (κ2) is 5.56. The number of sulfone groups is 1. The second-order valence-corrected chi connectivity index (χ2v) is 5.96. The molecule has 0 heterocycles. The highest BCUT2D eigenvalue weighted by molar-refractivity contribution is 7.92. The summed E-state index contributed by atoms with van der Waals surface area (Å²) in [5, 5.41) is 0. The van der Waals surface area contributed by atoms with Crippen LogP contribution in [-0.2, 0) is 9.84 Å². The van der Waals surface area contributed by atoms with E-state index in [0.717, 1.165) is 30.3 Å². The van der Waals surface area contributed by atoms with E-state index in [1.807, 2.05) is 0 Å². The summed E-state index contributed by atoms with van der Waals surface area (Å²) in [6.07, 6.45) is 0. The molecule has 0 aliphatic rings. The van der Waals surface area contributed by atoms with Gasteiger partial charge in [0, 0.05) is 0 Å². The highest BCUT2D eigenvalue weighted by Crippen LogP contribution is 2.37. The van der Waals surface area contributed by atoms with Crippen LogP contribution in [-0.4, -0.2) is 13.9 Å². The van der Waals surface area contributed by atoms with Gasteiger partial charge in [-0.25, -0.2) is 12.8 Å². The molecule has 118 valence electrons. The van der Waals surface area contributed by atoms with Crippen molar-refractivity contribution in [2.24, 2.45) is 0 Å². The first-order valence-corrected chi connectivity index (χ1v) is 7.15. The molecule has 0 radical (unpaired) electrons. The van der Waals surface area contributed by atoms with Crippen LogP contribution >= 0.6 is 0 Å². The van der Waals surface area contributed by atoms with Crippen molar-refractivity contribution < 1.29 is 35.1 Å². The van der Waals surface area contributed by atoms with Gasteiger partial charge in [0.1, 0.15) is 10.6 Å². The minimum absolute atomic E-state index is 0.662. The third-order valence-corrected chi connectivity index (χ3v) is 4.11. The number of ether oxygens (including phenoxy) is 1. The van der Waals surface area contributed by atoms with E-state index in [9.17, 15) is 30.4 Å². The van der Waals surface area contributed by atoms with Gasteiger partial charge in [0.2, 0.25) is 5.82 Å². The Morgan fingerprint density at radius 1 is 0.864 bits per heavy atom. The van der Waals surface area contributed by atoms with Crippen LogP contribution in [0.15, 0.2) is 47.4 Å². The standard InChI is InChI=1S/C13H7F5O3S/c14-8-4-3-6-10(12(8)15)21-9-5-1-2-7-11(9)22(19,20)13(16,17)18/h1-7H. The molecule has 0 unspecified atom stereocenters. The molecule has 0 saturated heterocycles. The van der Waals surface area contributed by atoms with Gasteiger partial charge in [0.15, 0.2) is 11.6 Å². The van der Waals surface area contributed by atoms with Crippen molar-refractivity contribution in [2.75, 3.05) is 0 Å². The van der Waals surface area contributed by atoms with E-state index >= 15 is 0 Å². The molecular weight excluding hydrogens is 331 g/mol. The quantitative estimate of drug-likeness (QED) is 0.793. The molecule has 22 heavy (non-hydrogen) atoms. The van der Waals surface area contributed by atoms with Crippen LogP contribution in [0.4, 0.5) is 22.0 Å². The summed E-state index contributed by atoms with van der Waals surface area (Å²) < 4.78 is 92.0. The number of benzene rings is 2. The monoisotopic (exact) mass is 338 g/mol. The van der Waals surface area contributed by atoms with Crippen molar-refractivity contribution in [1.82, 2.24) is 0 Å². The van der Waals surface area contributed by atoms with Crippen LogP contribution in [0.2, 0.25) is 0 Å². The maximum atomic E-state index is 13.5. The number of hydrogen-bond donors (Lipinski definition) is 0. The zero-order valence-electron chi connectivity index (χ0n) is 10.6. The fraction of sp³-hybridized carbons (Fsp3) is 0.0769. The number of hydrogen-bond acceptors (Lipinski definition) is 3. The molecule has 9 heteroatoms. The molecule has 0 N–H and O–H groups in total. The predicted octanol–water partition coefficient (Wildman–Crippen LogP) is 4.05. The van der Waals surface area contributed by atoms with Crippen molar-refractivity contribution in [3.05, 3.63) is 54.1 Å². The summed E-state index contributed by atoms with van der Waals surface area (Å²) in [6.45, 7) is 0. The topological polar surface area (TPSA) is 43.4 Å². The molecule has 0 aromatic heterocycles. The van der Waals surface area contributed by atoms with Crippen molar-refractivity contribution in [2.45, 2.75) is 10.4 Å². The lowest BCUT2D eigenvalue weighted by molar-refractivity contribution is -0.0436. The van der Waals surface area contributed by atoms with Crippen molar-refractivity contribution >= 4 is 9.84 Å². The number of halogens is 5. The van der Waals surface area contributed by atoms with Gasteiger partial charge in [-0.15, -0.1) is 0 Å². The Morgan fingerprint density at radius 2 is 1.45 bits per heavy atom. The molecule has 0 aliphatic heterocycles. The third-order valence-electron chi connectivity index (χ3n) is 2.58. The summed E-state index contributed by atoms with van der Waals surface area (Å²) in [6, 6.07) is 6.61. The van der Waals surface area contributed by atoms with E-state index in [0.29, 0.717) is 6.07 Å². The lowest BCUT2D eigenvalue weighted by Gasteiger charge is -2.13. The smallest absolute Gasteiger partial charge is 0.453 e. The van der Waals surface area contributed by atoms with E-state index in [-0.39, 0.29) is 0 Å². The molecule has 2 rings (SSSR count). The Morgan fingerprint density at radius 3 is 2.09 bits per heavy atom. The van der Waals surface area contributed by atoms with E-state index < -0.39 is 43.4 Å². The summed E-state index contributed by atoms with van der Waals surface area (Å²) in [5.74, 6) is -4.22. The average molecular weight is 338 g/mol. The van der Waals surface area contributed by atoms with Gasteiger partial charge in [0.25, 0.3) is 9.84 Å². The van der Waals surface area contributed by atoms with Crippen LogP contribution in [0.1, 0.15) is 0 Å². The first-order valence-electron chi connectivity index (χ1n) is 5.67. The van der Waals surface area contributed by atoms with Crippen LogP contribution in [0.5, 0.6) is 11.5 Å². The van der Waals surface area contributed by atoms with E-state index in [2.05, 4.69) is 0 Å². The molecule has 0 amide bonds. The van der Waals surface area contributed by atoms with Crippen molar-refractivity contribution in [3.63, 3.8) is 0 Å². The Balaban J connectivity index is 2.53. The first kappa shape index (κ1) is 16.2. The van der Waals surface area contributed by atoms with Gasteiger partial charge >= 0.3 is 5.51 Å². The largest absolute Gasteiger partial charge is 0.502 e. The third kappa shape index (κ3) is 2.89. The zero-order valence-corrected chi connectivity index (χ0v) is 11.4. The van der Waals surface area contributed by atoms with Crippen LogP contribution in [0.3, 0.4) is 0 Å². The van der Waals surface area contributed by atoms with E-state index in [1.165, 1.54) is 6.07 Å². The molecule has 2 aromatic rings. The maximum Gasteiger partial charge on any atom is 0.502 e. The SMILES string of the molecule is O=S(=O)(c1ccccc1Oc1cccc(F)c1F)C(F)(F)F. The van der Waals surface area contributed by atoms with Crippen LogP contribution in [0.25, 0.3) is 0 Å². The van der Waals surface area contributed by atoms with Crippen LogP contribution in [0, 0.1) is 11.6 Å². The number of rotatable bonds is 3. The summed E-state index contributed by atoms with van der Waals surface area (Å²) in [5.41, 5.74) is -5.55. The van der Waals surface area contributed by atoms with Gasteiger partial charge in [0.05, 0.1) is 0 Å². The Labute approximate surface area is 121 Å². The van der Waals surface area contributed by atoms with Gasteiger partial charge in [-0.1, -0.05) is 18.2 Å². The van der Waals surface area contributed by atoms with Gasteiger partial charge in [-0.05, 0) is 24.3 Å². The molecule has 3 nitrogen and oxygen atoms in total. The lowest BCUT2D eigenvalue weighted by Crippen LogP contribution is -2.23. The molecule has 0 atom stereocenters. The zero-order chi connectivity index (χ0) is 16.5. The fourth-order valence-corrected chi connectivity index (χ4v) is 2.44. The number of alkyl halides is 3. The number of para-hydroxylation sites is 1. The molecule has 0 aliphatic carbocycles. The molecule has 2 aromatic carbocycles. The Hall–Kier alpha value is -2.16. The summed E-state index contributed by atoms with van der Waals surface area (Å²) >= 11 is 0. The van der Waals surface area contributed by atoms with E-state index in [4.69, 9.17) is 4.74 Å². The molecule has 0 saturated carbocycles. The predicted molar refractivity (Wildman–Crippen MR) is 66.1 cm³/mol. The highest BCUT2D eigenvalue weighted by atomic mass is 32.2. The molecule has 0 spiro atoms. The Kier molecular flexibility index (Phi) is 4.10. The molecule has 0 fully saturated rings. The summed E-state index contributed by atoms with van der Waals surface area (Å²) in [4.78, 5) is -1.19. The van der Waals surface area contributed by atoms with Gasteiger partial charge in [-0.2, -0.15) is 17.6 Å². The average Bonchev–Trinajstić information content (AvgIpc) is 2.43. The minimum Gasteiger partial charge on any atom is -0.453 e. The fourth-order valence-electron chi connectivity index (χ4n) is 1.56. The highest BCUT2D eigenvalue weighted by Gasteiger charge is 2.48. The second-order valence-electron chi connectivity index (χ2n) is 4.05. The first-order chi connectivity index (χ1) is 10.1. The molecular formula is C13H7F5O3S. The van der Waals surface area contributed by atoms with E-state index in [1.54, 1.807) is 0 Å². The van der Waals surface area contributed by atoms with Gasteiger partial charge in [-0.3, -0.25) is 0 Å². The minimum atomic E-state index is -5.69. The van der Waals surface area contributed by atoms with Crippen molar-refractivity contribution in [3.8, 4) is 11.5 Å². The summed E-state index contributed by atoms with van der Waals surface area (Å²) in [7, 11) is -5.69. The van der Waals surface area contributed by atoms with Crippen molar-refractivity contribution in [1.29, 1.82) is 0 Å². The Bertz CT molecular complexity index is 800.